The highest BCUT2D eigenvalue weighted by Crippen LogP contribution is 2.24. The normalized spacial score (nSPS) is 17.7. The summed E-state index contributed by atoms with van der Waals surface area (Å²) in [6.07, 6.45) is 7.17. The van der Waals surface area contributed by atoms with E-state index >= 15 is 0 Å². The highest BCUT2D eigenvalue weighted by molar-refractivity contribution is 5.77. The molecule has 0 spiro atoms. The predicted molar refractivity (Wildman–Crippen MR) is 129 cm³/mol. The van der Waals surface area contributed by atoms with Crippen molar-refractivity contribution >= 4 is 17.9 Å². The first-order chi connectivity index (χ1) is 16.7. The lowest BCUT2D eigenvalue weighted by Crippen LogP contribution is -2.36. The standard InChI is InChI=1S/C26H32FN3O4/c1-31-26(30-11-3-2-4-12-30)29-23-7-5-21(6-8-23)19-33-24-15-22(27)16-25(17-24)34-28-18-20-9-13-32-14-10-20/h5-8,15-18,20H,2-4,9-14,19H2,1H3/b28-18?,29-26-. The number of hydrogen-bond acceptors (Lipinski definition) is 6. The molecule has 4 rings (SSSR count). The predicted octanol–water partition coefficient (Wildman–Crippen LogP) is 5.32. The van der Waals surface area contributed by atoms with Crippen LogP contribution in [-0.4, -0.2) is 50.5 Å². The van der Waals surface area contributed by atoms with Crippen molar-refractivity contribution in [1.29, 1.82) is 0 Å². The highest BCUT2D eigenvalue weighted by atomic mass is 19.1. The molecule has 8 heteroatoms. The van der Waals surface area contributed by atoms with E-state index in [1.54, 1.807) is 19.4 Å². The average molecular weight is 470 g/mol. The van der Waals surface area contributed by atoms with Gasteiger partial charge in [0.2, 0.25) is 0 Å². The first kappa shape index (κ1) is 24.0. The molecule has 0 N–H and O–H groups in total. The Labute approximate surface area is 200 Å². The summed E-state index contributed by atoms with van der Waals surface area (Å²) >= 11 is 0. The summed E-state index contributed by atoms with van der Waals surface area (Å²) in [5.74, 6) is 0.561. The zero-order valence-electron chi connectivity index (χ0n) is 19.6. The number of benzene rings is 2. The molecule has 0 saturated carbocycles. The van der Waals surface area contributed by atoms with Gasteiger partial charge < -0.3 is 23.9 Å². The van der Waals surface area contributed by atoms with Crippen molar-refractivity contribution in [2.45, 2.75) is 38.7 Å². The van der Waals surface area contributed by atoms with Gasteiger partial charge in [-0.05, 0) is 49.8 Å². The molecule has 2 aromatic rings. The van der Waals surface area contributed by atoms with E-state index in [9.17, 15) is 4.39 Å². The Morgan fingerprint density at radius 2 is 1.79 bits per heavy atom. The van der Waals surface area contributed by atoms with Gasteiger partial charge in [-0.25, -0.2) is 4.39 Å². The van der Waals surface area contributed by atoms with Crippen molar-refractivity contribution in [2.75, 3.05) is 33.4 Å². The first-order valence-electron chi connectivity index (χ1n) is 11.9. The third-order valence-electron chi connectivity index (χ3n) is 5.92. The Hall–Kier alpha value is -3.13. The fraction of sp³-hybridized carbons (Fsp3) is 0.462. The lowest BCUT2D eigenvalue weighted by atomic mass is 10.0. The smallest absolute Gasteiger partial charge is 0.292 e. The number of piperidine rings is 1. The topological polar surface area (TPSA) is 64.9 Å². The van der Waals surface area contributed by atoms with E-state index in [0.29, 0.717) is 30.0 Å². The van der Waals surface area contributed by atoms with Gasteiger partial charge in [0.1, 0.15) is 18.2 Å². The Morgan fingerprint density at radius 1 is 1.06 bits per heavy atom. The minimum absolute atomic E-state index is 0.293. The quantitative estimate of drug-likeness (QED) is 0.312. The van der Waals surface area contributed by atoms with Gasteiger partial charge in [0, 0.05) is 56.6 Å². The molecular formula is C26H32FN3O4. The van der Waals surface area contributed by atoms with E-state index in [2.05, 4.69) is 15.0 Å². The fourth-order valence-corrected chi connectivity index (χ4v) is 3.99. The molecule has 0 radical (unpaired) electrons. The van der Waals surface area contributed by atoms with Gasteiger partial charge in [-0.1, -0.05) is 17.3 Å². The molecule has 0 unspecified atom stereocenters. The van der Waals surface area contributed by atoms with Gasteiger partial charge in [-0.2, -0.15) is 4.99 Å². The second-order valence-electron chi connectivity index (χ2n) is 8.52. The van der Waals surface area contributed by atoms with Crippen molar-refractivity contribution in [3.8, 4) is 11.5 Å². The van der Waals surface area contributed by atoms with Crippen molar-refractivity contribution < 1.29 is 23.4 Å². The van der Waals surface area contributed by atoms with Gasteiger partial charge in [-0.3, -0.25) is 0 Å². The van der Waals surface area contributed by atoms with Gasteiger partial charge in [0.05, 0.1) is 12.8 Å². The second-order valence-corrected chi connectivity index (χ2v) is 8.52. The zero-order valence-corrected chi connectivity index (χ0v) is 19.6. The molecule has 0 aromatic heterocycles. The summed E-state index contributed by atoms with van der Waals surface area (Å²) in [5, 5.41) is 4.01. The van der Waals surface area contributed by atoms with Crippen LogP contribution < -0.4 is 9.57 Å². The Morgan fingerprint density at radius 3 is 2.53 bits per heavy atom. The van der Waals surface area contributed by atoms with Gasteiger partial charge >= 0.3 is 0 Å². The minimum atomic E-state index is -0.441. The third kappa shape index (κ3) is 7.18. The van der Waals surface area contributed by atoms with Crippen molar-refractivity contribution in [3.05, 3.63) is 53.8 Å². The van der Waals surface area contributed by atoms with E-state index in [0.717, 1.165) is 63.2 Å². The molecule has 0 bridgehead atoms. The maximum Gasteiger partial charge on any atom is 0.292 e. The van der Waals surface area contributed by atoms with E-state index in [-0.39, 0.29) is 0 Å². The Kier molecular flexibility index (Phi) is 8.73. The molecule has 2 aliphatic heterocycles. The van der Waals surface area contributed by atoms with Crippen LogP contribution >= 0.6 is 0 Å². The van der Waals surface area contributed by atoms with Crippen LogP contribution in [0.15, 0.2) is 52.6 Å². The summed E-state index contributed by atoms with van der Waals surface area (Å²) in [4.78, 5) is 12.2. The fourth-order valence-electron chi connectivity index (χ4n) is 3.99. The number of ether oxygens (including phenoxy) is 3. The van der Waals surface area contributed by atoms with E-state index in [1.165, 1.54) is 18.6 Å². The summed E-state index contributed by atoms with van der Waals surface area (Å²) in [5.41, 5.74) is 1.76. The lowest BCUT2D eigenvalue weighted by molar-refractivity contribution is 0.0833. The molecule has 0 amide bonds. The number of likely N-dealkylation sites (tertiary alicyclic amines) is 1. The SMILES string of the molecule is CO/C(=N\c1ccc(COc2cc(F)cc(ON=CC3CCOCC3)c2)cc1)N1CCCCC1. The van der Waals surface area contributed by atoms with E-state index in [1.807, 2.05) is 24.3 Å². The van der Waals surface area contributed by atoms with Crippen LogP contribution in [0.1, 0.15) is 37.7 Å². The molecule has 34 heavy (non-hydrogen) atoms. The van der Waals surface area contributed by atoms with Gasteiger partial charge in [0.15, 0.2) is 5.75 Å². The molecular weight excluding hydrogens is 437 g/mol. The zero-order chi connectivity index (χ0) is 23.6. The van der Waals surface area contributed by atoms with Crippen molar-refractivity contribution in [3.63, 3.8) is 0 Å². The first-order valence-corrected chi connectivity index (χ1v) is 11.9. The van der Waals surface area contributed by atoms with Crippen LogP contribution in [0.25, 0.3) is 0 Å². The van der Waals surface area contributed by atoms with Gasteiger partial charge in [-0.15, -0.1) is 0 Å². The number of oxime groups is 1. The van der Waals surface area contributed by atoms with Crippen LogP contribution in [-0.2, 0) is 16.1 Å². The molecule has 2 saturated heterocycles. The number of halogens is 1. The number of amidine groups is 1. The second kappa shape index (κ2) is 12.4. The molecule has 0 aliphatic carbocycles. The number of rotatable bonds is 7. The van der Waals surface area contributed by atoms with Crippen molar-refractivity contribution in [2.24, 2.45) is 16.1 Å². The number of aliphatic imine (C=N–C) groups is 1. The number of methoxy groups -OCH3 is 1. The van der Waals surface area contributed by atoms with Gasteiger partial charge in [0.25, 0.3) is 6.02 Å². The van der Waals surface area contributed by atoms with Crippen LogP contribution in [0, 0.1) is 11.7 Å². The summed E-state index contributed by atoms with van der Waals surface area (Å²) in [6.45, 7) is 3.70. The van der Waals surface area contributed by atoms with Crippen molar-refractivity contribution in [1.82, 2.24) is 4.90 Å². The molecule has 7 nitrogen and oxygen atoms in total. The monoisotopic (exact) mass is 469 g/mol. The molecule has 2 aliphatic rings. The van der Waals surface area contributed by atoms with E-state index < -0.39 is 5.82 Å². The maximum atomic E-state index is 14.0. The Bertz CT molecular complexity index is 969. The highest BCUT2D eigenvalue weighted by Gasteiger charge is 2.15. The molecule has 2 heterocycles. The van der Waals surface area contributed by atoms with Crippen LogP contribution in [0.5, 0.6) is 11.5 Å². The molecule has 2 fully saturated rings. The molecule has 182 valence electrons. The van der Waals surface area contributed by atoms with Crippen LogP contribution in [0.3, 0.4) is 0 Å². The maximum absolute atomic E-state index is 14.0. The number of hydrogen-bond donors (Lipinski definition) is 0. The lowest BCUT2D eigenvalue weighted by Gasteiger charge is -2.28. The van der Waals surface area contributed by atoms with E-state index in [4.69, 9.17) is 19.0 Å². The summed E-state index contributed by atoms with van der Waals surface area (Å²) < 4.78 is 30.7. The van der Waals surface area contributed by atoms with Crippen LogP contribution in [0.2, 0.25) is 0 Å². The minimum Gasteiger partial charge on any atom is -0.489 e. The number of nitrogens with zero attached hydrogens (tertiary/aromatic N) is 3. The average Bonchev–Trinajstić information content (AvgIpc) is 2.88. The third-order valence-corrected chi connectivity index (χ3v) is 5.92. The van der Waals surface area contributed by atoms with Crippen LogP contribution in [0.4, 0.5) is 10.1 Å². The Balaban J connectivity index is 1.32. The largest absolute Gasteiger partial charge is 0.489 e. The molecule has 2 aromatic carbocycles. The summed E-state index contributed by atoms with van der Waals surface area (Å²) in [6, 6.07) is 12.6. The molecule has 0 atom stereocenters. The summed E-state index contributed by atoms with van der Waals surface area (Å²) in [7, 11) is 1.66.